The standard InChI is InChI=1S/C11H11ClN2OS/c1-7-6-13-11(16)14(7)10-5-8(15-2)3-4-9(10)12/h3-6H,1-2H3,(H,13,16). The van der Waals surface area contributed by atoms with E-state index in [1.807, 2.05) is 29.8 Å². The van der Waals surface area contributed by atoms with Gasteiger partial charge in [-0.25, -0.2) is 0 Å². The summed E-state index contributed by atoms with van der Waals surface area (Å²) in [6, 6.07) is 5.47. The molecule has 0 saturated heterocycles. The summed E-state index contributed by atoms with van der Waals surface area (Å²) >= 11 is 11.4. The van der Waals surface area contributed by atoms with Gasteiger partial charge in [0.15, 0.2) is 4.77 Å². The SMILES string of the molecule is COc1ccc(Cl)c(-n2c(C)c[nH]c2=S)c1. The number of ether oxygens (including phenoxy) is 1. The number of nitrogens with one attached hydrogen (secondary N) is 1. The van der Waals surface area contributed by atoms with Gasteiger partial charge < -0.3 is 9.72 Å². The minimum absolute atomic E-state index is 0.618. The summed E-state index contributed by atoms with van der Waals surface area (Å²) in [5.74, 6) is 0.752. The van der Waals surface area contributed by atoms with Gasteiger partial charge in [0, 0.05) is 18.0 Å². The lowest BCUT2D eigenvalue weighted by molar-refractivity contribution is 0.414. The first-order chi connectivity index (χ1) is 7.63. The lowest BCUT2D eigenvalue weighted by atomic mass is 10.3. The van der Waals surface area contributed by atoms with E-state index >= 15 is 0 Å². The summed E-state index contributed by atoms with van der Waals surface area (Å²) in [7, 11) is 1.62. The van der Waals surface area contributed by atoms with Crippen LogP contribution in [0.5, 0.6) is 5.75 Å². The monoisotopic (exact) mass is 254 g/mol. The van der Waals surface area contributed by atoms with Crippen molar-refractivity contribution in [3.8, 4) is 11.4 Å². The summed E-state index contributed by atoms with van der Waals surface area (Å²) < 4.78 is 7.66. The molecule has 1 heterocycles. The second-order valence-corrected chi connectivity index (χ2v) is 4.18. The van der Waals surface area contributed by atoms with Crippen LogP contribution >= 0.6 is 23.8 Å². The van der Waals surface area contributed by atoms with Crippen LogP contribution < -0.4 is 4.74 Å². The van der Waals surface area contributed by atoms with E-state index in [1.165, 1.54) is 0 Å². The summed E-state index contributed by atoms with van der Waals surface area (Å²) in [4.78, 5) is 2.98. The molecule has 2 aromatic rings. The third-order valence-electron chi connectivity index (χ3n) is 2.35. The van der Waals surface area contributed by atoms with Crippen molar-refractivity contribution in [2.45, 2.75) is 6.92 Å². The van der Waals surface area contributed by atoms with Crippen LogP contribution in [0.3, 0.4) is 0 Å². The van der Waals surface area contributed by atoms with Crippen LogP contribution in [-0.4, -0.2) is 16.7 Å². The highest BCUT2D eigenvalue weighted by molar-refractivity contribution is 7.71. The van der Waals surface area contributed by atoms with E-state index in [4.69, 9.17) is 28.6 Å². The van der Waals surface area contributed by atoms with E-state index in [0.717, 1.165) is 17.1 Å². The number of hydrogen-bond acceptors (Lipinski definition) is 2. The van der Waals surface area contributed by atoms with E-state index in [2.05, 4.69) is 4.98 Å². The molecule has 0 atom stereocenters. The molecule has 0 fully saturated rings. The third-order valence-corrected chi connectivity index (χ3v) is 2.97. The van der Waals surface area contributed by atoms with E-state index in [-0.39, 0.29) is 0 Å². The zero-order chi connectivity index (χ0) is 11.7. The maximum absolute atomic E-state index is 6.15. The predicted octanol–water partition coefficient (Wildman–Crippen LogP) is 3.51. The minimum atomic E-state index is 0.618. The quantitative estimate of drug-likeness (QED) is 0.832. The van der Waals surface area contributed by atoms with Gasteiger partial charge in [-0.05, 0) is 31.3 Å². The number of aromatic nitrogens is 2. The minimum Gasteiger partial charge on any atom is -0.497 e. The molecule has 1 aromatic heterocycles. The molecule has 16 heavy (non-hydrogen) atoms. The van der Waals surface area contributed by atoms with Crippen molar-refractivity contribution in [2.75, 3.05) is 7.11 Å². The van der Waals surface area contributed by atoms with Crippen LogP contribution in [0.4, 0.5) is 0 Å². The highest BCUT2D eigenvalue weighted by Gasteiger charge is 2.08. The Bertz CT molecular complexity index is 574. The molecule has 1 N–H and O–H groups in total. The number of H-pyrrole nitrogens is 1. The molecule has 0 bridgehead atoms. The molecule has 3 nitrogen and oxygen atoms in total. The second-order valence-electron chi connectivity index (χ2n) is 3.39. The molecule has 84 valence electrons. The van der Waals surface area contributed by atoms with Crippen molar-refractivity contribution in [2.24, 2.45) is 0 Å². The zero-order valence-electron chi connectivity index (χ0n) is 8.95. The Morgan fingerprint density at radius 3 is 2.75 bits per heavy atom. The first-order valence-electron chi connectivity index (χ1n) is 4.74. The van der Waals surface area contributed by atoms with Crippen molar-refractivity contribution in [3.05, 3.63) is 39.9 Å². The number of hydrogen-bond donors (Lipinski definition) is 1. The van der Waals surface area contributed by atoms with Gasteiger partial charge in [0.25, 0.3) is 0 Å². The van der Waals surface area contributed by atoms with Gasteiger partial charge in [-0.2, -0.15) is 0 Å². The summed E-state index contributed by atoms with van der Waals surface area (Å²) in [6.07, 6.45) is 1.85. The van der Waals surface area contributed by atoms with Crippen LogP contribution in [0, 0.1) is 11.7 Å². The summed E-state index contributed by atoms with van der Waals surface area (Å²) in [5.41, 5.74) is 1.82. The number of methoxy groups -OCH3 is 1. The topological polar surface area (TPSA) is 29.9 Å². The molecule has 1 aromatic carbocycles. The summed E-state index contributed by atoms with van der Waals surface area (Å²) in [6.45, 7) is 1.96. The van der Waals surface area contributed by atoms with Gasteiger partial charge in [-0.15, -0.1) is 0 Å². The Balaban J connectivity index is 2.68. The number of rotatable bonds is 2. The normalized spacial score (nSPS) is 10.4. The Hall–Kier alpha value is -1.26. The van der Waals surface area contributed by atoms with Crippen molar-refractivity contribution >= 4 is 23.8 Å². The highest BCUT2D eigenvalue weighted by atomic mass is 35.5. The fourth-order valence-corrected chi connectivity index (χ4v) is 2.05. The maximum atomic E-state index is 6.15. The Kier molecular flexibility index (Phi) is 3.03. The Labute approximate surface area is 104 Å². The number of halogens is 1. The largest absolute Gasteiger partial charge is 0.497 e. The molecule has 0 spiro atoms. The Morgan fingerprint density at radius 2 is 2.19 bits per heavy atom. The number of aryl methyl sites for hydroxylation is 1. The van der Waals surface area contributed by atoms with Crippen molar-refractivity contribution in [1.29, 1.82) is 0 Å². The first kappa shape index (κ1) is 11.2. The van der Waals surface area contributed by atoms with Gasteiger partial charge in [-0.1, -0.05) is 11.6 Å². The third kappa shape index (κ3) is 1.86. The molecule has 0 saturated carbocycles. The van der Waals surface area contributed by atoms with Gasteiger partial charge in [0.05, 0.1) is 17.8 Å². The lowest BCUT2D eigenvalue weighted by Gasteiger charge is -2.09. The number of imidazole rings is 1. The van der Waals surface area contributed by atoms with Crippen LogP contribution in [-0.2, 0) is 0 Å². The van der Waals surface area contributed by atoms with Gasteiger partial charge in [0.1, 0.15) is 5.75 Å². The molecule has 0 radical (unpaired) electrons. The van der Waals surface area contributed by atoms with Crippen molar-refractivity contribution < 1.29 is 4.74 Å². The molecular formula is C11H11ClN2OS. The molecule has 0 unspecified atom stereocenters. The molecular weight excluding hydrogens is 244 g/mol. The van der Waals surface area contributed by atoms with Crippen LogP contribution in [0.25, 0.3) is 5.69 Å². The number of benzene rings is 1. The smallest absolute Gasteiger partial charge is 0.182 e. The average molecular weight is 255 g/mol. The van der Waals surface area contributed by atoms with E-state index < -0.39 is 0 Å². The van der Waals surface area contributed by atoms with E-state index in [1.54, 1.807) is 13.2 Å². The Morgan fingerprint density at radius 1 is 1.44 bits per heavy atom. The molecule has 0 aliphatic heterocycles. The highest BCUT2D eigenvalue weighted by Crippen LogP contribution is 2.26. The second kappa shape index (κ2) is 4.31. The fraction of sp³-hybridized carbons (Fsp3) is 0.182. The van der Waals surface area contributed by atoms with Crippen LogP contribution in [0.15, 0.2) is 24.4 Å². The van der Waals surface area contributed by atoms with E-state index in [0.29, 0.717) is 9.79 Å². The van der Waals surface area contributed by atoms with Gasteiger partial charge in [0.2, 0.25) is 0 Å². The maximum Gasteiger partial charge on any atom is 0.182 e. The van der Waals surface area contributed by atoms with Crippen molar-refractivity contribution in [3.63, 3.8) is 0 Å². The van der Waals surface area contributed by atoms with Crippen LogP contribution in [0.2, 0.25) is 5.02 Å². The predicted molar refractivity (Wildman–Crippen MR) is 67.3 cm³/mol. The number of nitrogens with zero attached hydrogens (tertiary/aromatic N) is 1. The summed E-state index contributed by atoms with van der Waals surface area (Å²) in [5, 5.41) is 0.639. The van der Waals surface area contributed by atoms with Gasteiger partial charge >= 0.3 is 0 Å². The molecule has 0 aliphatic rings. The molecule has 0 aliphatic carbocycles. The lowest BCUT2D eigenvalue weighted by Crippen LogP contribution is -1.98. The van der Waals surface area contributed by atoms with Crippen molar-refractivity contribution in [1.82, 2.24) is 9.55 Å². The molecule has 0 amide bonds. The van der Waals surface area contributed by atoms with Gasteiger partial charge in [-0.3, -0.25) is 4.57 Å². The molecule has 2 rings (SSSR count). The number of aromatic amines is 1. The van der Waals surface area contributed by atoms with Crippen LogP contribution in [0.1, 0.15) is 5.69 Å². The zero-order valence-corrected chi connectivity index (χ0v) is 10.5. The first-order valence-corrected chi connectivity index (χ1v) is 5.53. The average Bonchev–Trinajstić information content (AvgIpc) is 2.60. The van der Waals surface area contributed by atoms with E-state index in [9.17, 15) is 0 Å². The molecule has 5 heteroatoms. The fourth-order valence-electron chi connectivity index (χ4n) is 1.55.